The van der Waals surface area contributed by atoms with E-state index in [0.29, 0.717) is 16.4 Å². The van der Waals surface area contributed by atoms with Gasteiger partial charge in [-0.05, 0) is 12.1 Å². The van der Waals surface area contributed by atoms with Gasteiger partial charge in [0.15, 0.2) is 5.82 Å². The third-order valence-electron chi connectivity index (χ3n) is 2.69. The maximum Gasteiger partial charge on any atom is 0.336 e. The first-order valence-corrected chi connectivity index (χ1v) is 6.52. The molecule has 1 aromatic carbocycles. The average molecular weight is 294 g/mol. The predicted octanol–water partition coefficient (Wildman–Crippen LogP) is 3.29. The molecule has 2 aromatic rings. The second-order valence-electron chi connectivity index (χ2n) is 5.40. The van der Waals surface area contributed by atoms with Gasteiger partial charge in [0.2, 0.25) is 0 Å². The van der Waals surface area contributed by atoms with Crippen molar-refractivity contribution in [2.24, 2.45) is 5.41 Å². The van der Waals surface area contributed by atoms with Crippen LogP contribution < -0.4 is 4.74 Å². The highest BCUT2D eigenvalue weighted by Crippen LogP contribution is 2.26. The minimum atomic E-state index is -0.577. The Balaban J connectivity index is 2.58. The molecular weight excluding hydrogens is 278 g/mol. The molecule has 20 heavy (non-hydrogen) atoms. The number of rotatable bonds is 2. The Bertz CT molecular complexity index is 644. The molecule has 0 aliphatic carbocycles. The van der Waals surface area contributed by atoms with Crippen LogP contribution in [0.25, 0.3) is 11.4 Å². The Kier molecular flexibility index (Phi) is 3.81. The SMILES string of the molecule is COc1nc(-c2cccc(Cl)c2)n(C(=O)C(C)(C)C)n1. The van der Waals surface area contributed by atoms with Crippen molar-refractivity contribution < 1.29 is 9.53 Å². The molecule has 1 heterocycles. The molecule has 0 fully saturated rings. The van der Waals surface area contributed by atoms with Crippen LogP contribution in [0.2, 0.25) is 5.02 Å². The number of halogens is 1. The van der Waals surface area contributed by atoms with Crippen molar-refractivity contribution in [1.29, 1.82) is 0 Å². The summed E-state index contributed by atoms with van der Waals surface area (Å²) in [6.45, 7) is 5.47. The number of carbonyl (C=O) groups is 1. The van der Waals surface area contributed by atoms with Crippen molar-refractivity contribution in [3.05, 3.63) is 29.3 Å². The first-order chi connectivity index (χ1) is 9.32. The van der Waals surface area contributed by atoms with Crippen LogP contribution in [0.1, 0.15) is 25.6 Å². The molecule has 0 saturated carbocycles. The maximum absolute atomic E-state index is 12.4. The zero-order valence-corrected chi connectivity index (χ0v) is 12.6. The number of ether oxygens (including phenoxy) is 1. The molecule has 6 heteroatoms. The minimum Gasteiger partial charge on any atom is -0.466 e. The van der Waals surface area contributed by atoms with E-state index in [1.54, 1.807) is 18.2 Å². The minimum absolute atomic E-state index is 0.151. The van der Waals surface area contributed by atoms with E-state index in [1.807, 2.05) is 26.8 Å². The summed E-state index contributed by atoms with van der Waals surface area (Å²) in [5, 5.41) is 4.66. The van der Waals surface area contributed by atoms with Crippen molar-refractivity contribution in [2.75, 3.05) is 7.11 Å². The van der Waals surface area contributed by atoms with E-state index in [-0.39, 0.29) is 11.9 Å². The molecule has 0 unspecified atom stereocenters. The summed E-state index contributed by atoms with van der Waals surface area (Å²) < 4.78 is 6.29. The van der Waals surface area contributed by atoms with Gasteiger partial charge in [-0.2, -0.15) is 9.67 Å². The predicted molar refractivity (Wildman–Crippen MR) is 77.1 cm³/mol. The van der Waals surface area contributed by atoms with Gasteiger partial charge in [-0.25, -0.2) is 0 Å². The quantitative estimate of drug-likeness (QED) is 0.852. The van der Waals surface area contributed by atoms with Crippen LogP contribution in [-0.2, 0) is 0 Å². The molecular formula is C14H16ClN3O2. The van der Waals surface area contributed by atoms with Crippen LogP contribution in [-0.4, -0.2) is 27.8 Å². The number of aromatic nitrogens is 3. The van der Waals surface area contributed by atoms with Crippen LogP contribution in [0.15, 0.2) is 24.3 Å². The van der Waals surface area contributed by atoms with E-state index in [9.17, 15) is 4.79 Å². The Labute approximate surface area is 122 Å². The lowest BCUT2D eigenvalue weighted by Crippen LogP contribution is -2.28. The average Bonchev–Trinajstić information content (AvgIpc) is 2.80. The van der Waals surface area contributed by atoms with Gasteiger partial charge in [0.1, 0.15) is 0 Å². The molecule has 0 aliphatic rings. The maximum atomic E-state index is 12.4. The van der Waals surface area contributed by atoms with Gasteiger partial charge in [-0.15, -0.1) is 5.10 Å². The lowest BCUT2D eigenvalue weighted by molar-refractivity contribution is 0.0749. The summed E-state index contributed by atoms with van der Waals surface area (Å²) in [4.78, 5) is 16.7. The molecule has 0 bridgehead atoms. The Hall–Kier alpha value is -1.88. The largest absolute Gasteiger partial charge is 0.466 e. The van der Waals surface area contributed by atoms with Crippen LogP contribution in [0, 0.1) is 5.41 Å². The van der Waals surface area contributed by atoms with Gasteiger partial charge in [-0.3, -0.25) is 4.79 Å². The number of nitrogens with zero attached hydrogens (tertiary/aromatic N) is 3. The molecule has 106 valence electrons. The fourth-order valence-corrected chi connectivity index (χ4v) is 1.84. The second-order valence-corrected chi connectivity index (χ2v) is 5.84. The summed E-state index contributed by atoms with van der Waals surface area (Å²) in [6.07, 6.45) is 0. The van der Waals surface area contributed by atoms with Gasteiger partial charge in [0.25, 0.3) is 5.91 Å². The molecule has 0 aliphatic heterocycles. The molecule has 0 radical (unpaired) electrons. The molecule has 0 spiro atoms. The standard InChI is InChI=1S/C14H16ClN3O2/c1-14(2,3)12(19)18-11(16-13(17-18)20-4)9-6-5-7-10(15)8-9/h5-8H,1-4H3. The highest BCUT2D eigenvalue weighted by Gasteiger charge is 2.28. The first-order valence-electron chi connectivity index (χ1n) is 6.14. The van der Waals surface area contributed by atoms with E-state index in [0.717, 1.165) is 0 Å². The Morgan fingerprint density at radius 2 is 2.05 bits per heavy atom. The third kappa shape index (κ3) is 2.82. The van der Waals surface area contributed by atoms with Gasteiger partial charge in [0.05, 0.1) is 7.11 Å². The summed E-state index contributed by atoms with van der Waals surface area (Å²) in [5.74, 6) is 0.257. The topological polar surface area (TPSA) is 57.0 Å². The van der Waals surface area contributed by atoms with Crippen molar-refractivity contribution in [2.45, 2.75) is 20.8 Å². The van der Waals surface area contributed by atoms with Gasteiger partial charge < -0.3 is 4.74 Å². The summed E-state index contributed by atoms with van der Waals surface area (Å²) in [6, 6.07) is 7.26. The van der Waals surface area contributed by atoms with E-state index in [1.165, 1.54) is 11.8 Å². The fourth-order valence-electron chi connectivity index (χ4n) is 1.65. The van der Waals surface area contributed by atoms with E-state index < -0.39 is 5.41 Å². The molecule has 0 atom stereocenters. The fraction of sp³-hybridized carbons (Fsp3) is 0.357. The van der Waals surface area contributed by atoms with Crippen molar-refractivity contribution >= 4 is 17.5 Å². The number of hydrogen-bond acceptors (Lipinski definition) is 4. The molecule has 0 amide bonds. The monoisotopic (exact) mass is 293 g/mol. The van der Waals surface area contributed by atoms with Gasteiger partial charge in [0, 0.05) is 16.0 Å². The number of hydrogen-bond donors (Lipinski definition) is 0. The zero-order valence-electron chi connectivity index (χ0n) is 11.8. The molecule has 0 N–H and O–H groups in total. The Morgan fingerprint density at radius 1 is 1.35 bits per heavy atom. The summed E-state index contributed by atoms with van der Waals surface area (Å²) in [5.41, 5.74) is 0.136. The van der Waals surface area contributed by atoms with Gasteiger partial charge in [-0.1, -0.05) is 44.5 Å². The van der Waals surface area contributed by atoms with E-state index >= 15 is 0 Å². The van der Waals surface area contributed by atoms with Crippen LogP contribution in [0.4, 0.5) is 0 Å². The second kappa shape index (κ2) is 5.25. The lowest BCUT2D eigenvalue weighted by Gasteiger charge is -2.16. The third-order valence-corrected chi connectivity index (χ3v) is 2.92. The van der Waals surface area contributed by atoms with Crippen molar-refractivity contribution in [3.63, 3.8) is 0 Å². The molecule has 5 nitrogen and oxygen atoms in total. The summed E-state index contributed by atoms with van der Waals surface area (Å²) in [7, 11) is 1.46. The Morgan fingerprint density at radius 3 is 2.60 bits per heavy atom. The van der Waals surface area contributed by atoms with Crippen molar-refractivity contribution in [1.82, 2.24) is 14.8 Å². The van der Waals surface area contributed by atoms with E-state index in [2.05, 4.69) is 10.1 Å². The molecule has 2 rings (SSSR count). The van der Waals surface area contributed by atoms with Crippen molar-refractivity contribution in [3.8, 4) is 17.4 Å². The molecule has 0 saturated heterocycles. The van der Waals surface area contributed by atoms with Crippen LogP contribution >= 0.6 is 11.6 Å². The highest BCUT2D eigenvalue weighted by molar-refractivity contribution is 6.30. The van der Waals surface area contributed by atoms with Crippen LogP contribution in [0.5, 0.6) is 6.01 Å². The normalized spacial score (nSPS) is 11.4. The van der Waals surface area contributed by atoms with Gasteiger partial charge >= 0.3 is 6.01 Å². The number of methoxy groups -OCH3 is 1. The number of benzene rings is 1. The smallest absolute Gasteiger partial charge is 0.336 e. The lowest BCUT2D eigenvalue weighted by atomic mass is 9.96. The highest BCUT2D eigenvalue weighted by atomic mass is 35.5. The summed E-state index contributed by atoms with van der Waals surface area (Å²) >= 11 is 5.98. The first kappa shape index (κ1) is 14.5. The zero-order chi connectivity index (χ0) is 14.9. The molecule has 1 aromatic heterocycles. The van der Waals surface area contributed by atoms with E-state index in [4.69, 9.17) is 16.3 Å². The number of carbonyl (C=O) groups excluding carboxylic acids is 1. The van der Waals surface area contributed by atoms with Crippen LogP contribution in [0.3, 0.4) is 0 Å².